The Morgan fingerprint density at radius 3 is 2.63 bits per heavy atom. The minimum absolute atomic E-state index is 0.0312. The number of alkyl halides is 1. The van der Waals surface area contributed by atoms with Crippen molar-refractivity contribution in [3.8, 4) is 16.9 Å². The van der Waals surface area contributed by atoms with Crippen molar-refractivity contribution in [2.45, 2.75) is 0 Å². The summed E-state index contributed by atoms with van der Waals surface area (Å²) in [7, 11) is 0. The number of guanidine groups is 1. The fourth-order valence-electron chi connectivity index (χ4n) is 2.39. The van der Waals surface area contributed by atoms with Gasteiger partial charge in [0, 0.05) is 0 Å². The standard InChI is InChI=1S/C18H13F2N5O2/c1-22-12-6-7-13(26)15(17(27)25-18(21)24-9-8-19)14(12)10-4-3-5-11(20)16(10)23-2/h3-7,26H,8-9H2,(H3,21,24,25,27). The Labute approximate surface area is 153 Å². The smallest absolute Gasteiger partial charge is 0.260 e. The monoisotopic (exact) mass is 369 g/mol. The number of phenolic OH excluding ortho intramolecular Hbond substituents is 1. The molecule has 0 saturated carbocycles. The van der Waals surface area contributed by atoms with Crippen molar-refractivity contribution in [2.24, 2.45) is 10.7 Å². The highest BCUT2D eigenvalue weighted by Gasteiger charge is 2.24. The van der Waals surface area contributed by atoms with Crippen LogP contribution in [0.3, 0.4) is 0 Å². The lowest BCUT2D eigenvalue weighted by atomic mass is 9.94. The molecule has 0 heterocycles. The zero-order valence-electron chi connectivity index (χ0n) is 13.8. The van der Waals surface area contributed by atoms with Crippen molar-refractivity contribution in [3.63, 3.8) is 0 Å². The van der Waals surface area contributed by atoms with Crippen LogP contribution in [0.2, 0.25) is 0 Å². The summed E-state index contributed by atoms with van der Waals surface area (Å²) in [6, 6.07) is 6.11. The average Bonchev–Trinajstić information content (AvgIpc) is 2.65. The van der Waals surface area contributed by atoms with Crippen LogP contribution in [0.15, 0.2) is 35.3 Å². The molecule has 0 aliphatic rings. The lowest BCUT2D eigenvalue weighted by Crippen LogP contribution is -2.37. The summed E-state index contributed by atoms with van der Waals surface area (Å²) < 4.78 is 26.2. The van der Waals surface area contributed by atoms with Gasteiger partial charge in [-0.2, -0.15) is 0 Å². The first-order chi connectivity index (χ1) is 12.9. The van der Waals surface area contributed by atoms with Crippen molar-refractivity contribution in [1.82, 2.24) is 5.32 Å². The van der Waals surface area contributed by atoms with Crippen LogP contribution in [0, 0.1) is 19.0 Å². The lowest BCUT2D eigenvalue weighted by molar-refractivity contribution is 0.0974. The number of aliphatic imine (C=N–C) groups is 1. The Balaban J connectivity index is 2.71. The van der Waals surface area contributed by atoms with Gasteiger partial charge in [0.25, 0.3) is 5.91 Å². The maximum absolute atomic E-state index is 14.0. The van der Waals surface area contributed by atoms with E-state index in [1.807, 2.05) is 0 Å². The van der Waals surface area contributed by atoms with Crippen LogP contribution in [0.25, 0.3) is 20.8 Å². The minimum atomic E-state index is -0.937. The third-order valence-corrected chi connectivity index (χ3v) is 3.49. The average molecular weight is 369 g/mol. The summed E-state index contributed by atoms with van der Waals surface area (Å²) in [6.07, 6.45) is 0. The first-order valence-corrected chi connectivity index (χ1v) is 7.51. The number of hydrogen-bond donors (Lipinski definition) is 3. The largest absolute Gasteiger partial charge is 0.507 e. The van der Waals surface area contributed by atoms with E-state index in [9.17, 15) is 18.7 Å². The number of hydrogen-bond acceptors (Lipinski definition) is 3. The van der Waals surface area contributed by atoms with Gasteiger partial charge in [-0.3, -0.25) is 15.1 Å². The van der Waals surface area contributed by atoms with E-state index in [0.29, 0.717) is 0 Å². The van der Waals surface area contributed by atoms with E-state index in [0.717, 1.165) is 12.1 Å². The second kappa shape index (κ2) is 8.41. The highest BCUT2D eigenvalue weighted by Crippen LogP contribution is 2.43. The molecule has 0 radical (unpaired) electrons. The van der Waals surface area contributed by atoms with E-state index < -0.39 is 29.8 Å². The molecule has 0 aliphatic carbocycles. The van der Waals surface area contributed by atoms with Crippen LogP contribution in [0.5, 0.6) is 5.75 Å². The van der Waals surface area contributed by atoms with Crippen molar-refractivity contribution >= 4 is 23.2 Å². The van der Waals surface area contributed by atoms with Gasteiger partial charge in [-0.15, -0.1) is 0 Å². The van der Waals surface area contributed by atoms with E-state index in [1.165, 1.54) is 18.2 Å². The van der Waals surface area contributed by atoms with E-state index in [-0.39, 0.29) is 34.9 Å². The highest BCUT2D eigenvalue weighted by atomic mass is 19.1. The second-order valence-electron chi connectivity index (χ2n) is 5.12. The van der Waals surface area contributed by atoms with Crippen LogP contribution in [-0.2, 0) is 0 Å². The summed E-state index contributed by atoms with van der Waals surface area (Å²) in [5.74, 6) is -2.67. The summed E-state index contributed by atoms with van der Waals surface area (Å²) >= 11 is 0. The van der Waals surface area contributed by atoms with E-state index in [1.54, 1.807) is 0 Å². The number of amides is 1. The molecule has 9 heteroatoms. The molecule has 2 rings (SSSR count). The topological polar surface area (TPSA) is 96.4 Å². The quantitative estimate of drug-likeness (QED) is 0.438. The number of nitrogens with two attached hydrogens (primary N) is 1. The minimum Gasteiger partial charge on any atom is -0.507 e. The number of carbonyl (C=O) groups is 1. The van der Waals surface area contributed by atoms with Gasteiger partial charge in [0.05, 0.1) is 25.3 Å². The number of aromatic hydroxyl groups is 1. The number of phenols is 1. The molecule has 0 aromatic heterocycles. The number of rotatable bonds is 4. The molecule has 4 N–H and O–H groups in total. The van der Waals surface area contributed by atoms with Gasteiger partial charge in [-0.25, -0.2) is 18.5 Å². The van der Waals surface area contributed by atoms with E-state index in [4.69, 9.17) is 18.9 Å². The lowest BCUT2D eigenvalue weighted by Gasteiger charge is -2.15. The molecule has 27 heavy (non-hydrogen) atoms. The number of benzene rings is 2. The molecule has 0 fully saturated rings. The van der Waals surface area contributed by atoms with Gasteiger partial charge < -0.3 is 10.8 Å². The third-order valence-electron chi connectivity index (χ3n) is 3.49. The van der Waals surface area contributed by atoms with E-state index in [2.05, 4.69) is 20.0 Å². The molecular weight excluding hydrogens is 356 g/mol. The molecule has 0 atom stereocenters. The third kappa shape index (κ3) is 3.99. The number of carbonyl (C=O) groups excluding carboxylic acids is 1. The Kier molecular flexibility index (Phi) is 6.02. The predicted octanol–water partition coefficient (Wildman–Crippen LogP) is 3.31. The molecule has 0 aliphatic heterocycles. The van der Waals surface area contributed by atoms with Crippen molar-refractivity contribution < 1.29 is 18.7 Å². The number of halogens is 2. The van der Waals surface area contributed by atoms with Crippen LogP contribution in [0.1, 0.15) is 10.4 Å². The summed E-state index contributed by atoms with van der Waals surface area (Å²) in [5.41, 5.74) is 4.48. The van der Waals surface area contributed by atoms with Crippen LogP contribution < -0.4 is 11.1 Å². The van der Waals surface area contributed by atoms with E-state index >= 15 is 0 Å². The van der Waals surface area contributed by atoms with Gasteiger partial charge >= 0.3 is 0 Å². The molecule has 0 unspecified atom stereocenters. The molecule has 2 aromatic carbocycles. The maximum Gasteiger partial charge on any atom is 0.260 e. The van der Waals surface area contributed by atoms with Gasteiger partial charge in [0.15, 0.2) is 11.6 Å². The number of nitrogens with one attached hydrogen (secondary N) is 1. The molecule has 1 amide bonds. The molecule has 7 nitrogen and oxygen atoms in total. The second-order valence-corrected chi connectivity index (χ2v) is 5.12. The van der Waals surface area contributed by atoms with Gasteiger partial charge in [-0.1, -0.05) is 18.2 Å². The first kappa shape index (κ1) is 19.3. The Morgan fingerprint density at radius 2 is 2.00 bits per heavy atom. The first-order valence-electron chi connectivity index (χ1n) is 7.51. The Bertz CT molecular complexity index is 1010. The van der Waals surface area contributed by atoms with Crippen LogP contribution in [0.4, 0.5) is 20.2 Å². The fourth-order valence-corrected chi connectivity index (χ4v) is 2.39. The molecule has 2 aromatic rings. The SMILES string of the molecule is [C-]#[N+]c1ccc(O)c(C(=O)NC(N)=NCCF)c1-c1cccc(F)c1[N+]#[C-]. The molecule has 0 saturated heterocycles. The van der Waals surface area contributed by atoms with Gasteiger partial charge in [0.2, 0.25) is 5.69 Å². The highest BCUT2D eigenvalue weighted by molar-refractivity contribution is 6.13. The summed E-state index contributed by atoms with van der Waals surface area (Å²) in [5, 5.41) is 12.4. The Hall–Kier alpha value is -3.98. The Morgan fingerprint density at radius 1 is 1.26 bits per heavy atom. The summed E-state index contributed by atoms with van der Waals surface area (Å²) in [6.45, 7) is 13.5. The number of para-hydroxylation sites is 1. The van der Waals surface area contributed by atoms with Crippen LogP contribution >= 0.6 is 0 Å². The normalized spacial score (nSPS) is 10.7. The molecular formula is C18H13F2N5O2. The molecule has 0 bridgehead atoms. The van der Waals surface area contributed by atoms with Gasteiger partial charge in [0.1, 0.15) is 18.2 Å². The zero-order valence-corrected chi connectivity index (χ0v) is 13.8. The molecule has 136 valence electrons. The van der Waals surface area contributed by atoms with Crippen LogP contribution in [-0.4, -0.2) is 30.2 Å². The van der Waals surface area contributed by atoms with Crippen molar-refractivity contribution in [1.29, 1.82) is 0 Å². The fraction of sp³-hybridized carbons (Fsp3) is 0.111. The maximum atomic E-state index is 14.0. The van der Waals surface area contributed by atoms with Crippen molar-refractivity contribution in [2.75, 3.05) is 13.2 Å². The zero-order chi connectivity index (χ0) is 20.0. The summed E-state index contributed by atoms with van der Waals surface area (Å²) in [4.78, 5) is 22.6. The van der Waals surface area contributed by atoms with Gasteiger partial charge in [-0.05, 0) is 23.3 Å². The predicted molar refractivity (Wildman–Crippen MR) is 96.0 cm³/mol. The van der Waals surface area contributed by atoms with Crippen molar-refractivity contribution in [3.05, 3.63) is 64.5 Å². The molecule has 0 spiro atoms. The number of nitrogens with zero attached hydrogens (tertiary/aromatic N) is 3.